The Kier molecular flexibility index (Phi) is 12.0. The molecule has 2 unspecified atom stereocenters. The van der Waals surface area contributed by atoms with Crippen molar-refractivity contribution in [3.63, 3.8) is 0 Å². The van der Waals surface area contributed by atoms with Gasteiger partial charge in [0, 0.05) is 32.2 Å². The molecule has 3 aromatic rings. The number of aliphatic hydroxyl groups excluding tert-OH is 2. The summed E-state index contributed by atoms with van der Waals surface area (Å²) in [5.74, 6) is 0.606. The number of rotatable bonds is 5. The van der Waals surface area contributed by atoms with Crippen molar-refractivity contribution in [1.29, 1.82) is 0 Å². The van der Waals surface area contributed by atoms with E-state index in [0.717, 1.165) is 49.8 Å². The Balaban J connectivity index is 0.000000221. The first-order chi connectivity index (χ1) is 18.9. The molecular weight excluding hydrogens is 671 g/mol. The Morgan fingerprint density at radius 2 is 1.32 bits per heavy atom. The van der Waals surface area contributed by atoms with Crippen molar-refractivity contribution in [1.82, 2.24) is 4.98 Å². The molecule has 2 aromatic carbocycles. The molecule has 40 heavy (non-hydrogen) atoms. The van der Waals surface area contributed by atoms with Gasteiger partial charge < -0.3 is 15.2 Å². The summed E-state index contributed by atoms with van der Waals surface area (Å²) in [7, 11) is 0. The summed E-state index contributed by atoms with van der Waals surface area (Å²) >= 11 is 0. The molecule has 2 aliphatic rings. The van der Waals surface area contributed by atoms with Crippen LogP contribution in [-0.2, 0) is 20.1 Å². The van der Waals surface area contributed by atoms with E-state index >= 15 is 0 Å². The van der Waals surface area contributed by atoms with Crippen molar-refractivity contribution in [2.24, 2.45) is 22.7 Å². The van der Waals surface area contributed by atoms with Gasteiger partial charge in [-0.1, -0.05) is 64.8 Å². The van der Waals surface area contributed by atoms with Crippen LogP contribution in [0.15, 0.2) is 54.7 Å². The number of hydrogen-bond acceptors (Lipinski definition) is 3. The van der Waals surface area contributed by atoms with Crippen LogP contribution >= 0.6 is 0 Å². The van der Waals surface area contributed by atoms with Gasteiger partial charge in [0.25, 0.3) is 0 Å². The number of nitrogens with zero attached hydrogens (tertiary/aromatic N) is 1. The summed E-state index contributed by atoms with van der Waals surface area (Å²) in [6, 6.07) is 19.6. The molecule has 2 atom stereocenters. The summed E-state index contributed by atoms with van der Waals surface area (Å²) in [5, 5.41) is 25.2. The van der Waals surface area contributed by atoms with Gasteiger partial charge in [-0.3, -0.25) is 0 Å². The normalized spacial score (nSPS) is 25.4. The number of aryl methyl sites for hydroxylation is 1. The van der Waals surface area contributed by atoms with E-state index in [-0.39, 0.29) is 49.1 Å². The molecule has 1 radical (unpaired) electrons. The quantitative estimate of drug-likeness (QED) is 0.259. The fraction of sp³-hybridized carbons (Fsp3) is 0.583. The van der Waals surface area contributed by atoms with Crippen molar-refractivity contribution in [3.8, 4) is 11.3 Å². The maximum absolute atomic E-state index is 11.4. The Morgan fingerprint density at radius 3 is 1.82 bits per heavy atom. The molecule has 3 nitrogen and oxygen atoms in total. The molecule has 2 aliphatic carbocycles. The van der Waals surface area contributed by atoms with E-state index in [1.807, 2.05) is 30.5 Å². The average molecular weight is 721 g/mol. The number of pyridine rings is 1. The smallest absolute Gasteiger partial charge is 0.0651 e. The zero-order valence-corrected chi connectivity index (χ0v) is 27.6. The Bertz CT molecular complexity index is 1160. The molecule has 4 heteroatoms. The van der Waals surface area contributed by atoms with Crippen molar-refractivity contribution < 1.29 is 30.3 Å². The number of hydrogen-bond donors (Lipinski definition) is 2. The van der Waals surface area contributed by atoms with Crippen molar-refractivity contribution in [2.45, 2.75) is 111 Å². The summed E-state index contributed by atoms with van der Waals surface area (Å²) in [6.07, 6.45) is 12.5. The van der Waals surface area contributed by atoms with Crippen LogP contribution in [0, 0.1) is 35.7 Å². The molecular formula is C36H50IrNO2-. The van der Waals surface area contributed by atoms with E-state index in [4.69, 9.17) is 0 Å². The van der Waals surface area contributed by atoms with E-state index in [1.165, 1.54) is 42.0 Å². The largest absolute Gasteiger partial charge is 0.392 e. The van der Waals surface area contributed by atoms with Gasteiger partial charge in [0.2, 0.25) is 0 Å². The van der Waals surface area contributed by atoms with E-state index in [0.29, 0.717) is 5.92 Å². The number of aromatic nitrogens is 1. The van der Waals surface area contributed by atoms with Gasteiger partial charge in [-0.15, -0.1) is 35.9 Å². The van der Waals surface area contributed by atoms with Crippen molar-refractivity contribution in [2.75, 3.05) is 0 Å². The Morgan fingerprint density at radius 1 is 0.800 bits per heavy atom. The van der Waals surface area contributed by atoms with Gasteiger partial charge in [0.15, 0.2) is 0 Å². The van der Waals surface area contributed by atoms with Gasteiger partial charge in [-0.25, -0.2) is 0 Å². The second-order valence-electron chi connectivity index (χ2n) is 12.3. The summed E-state index contributed by atoms with van der Waals surface area (Å²) in [6.45, 7) is 11.0. The molecule has 0 aliphatic heterocycles. The first-order valence-electron chi connectivity index (χ1n) is 15.5. The van der Waals surface area contributed by atoms with Gasteiger partial charge >= 0.3 is 0 Å². The fourth-order valence-electron chi connectivity index (χ4n) is 7.90. The van der Waals surface area contributed by atoms with Crippen molar-refractivity contribution in [3.05, 3.63) is 66.4 Å². The predicted octanol–water partition coefficient (Wildman–Crippen LogP) is 8.93. The van der Waals surface area contributed by atoms with E-state index in [1.54, 1.807) is 0 Å². The van der Waals surface area contributed by atoms with Crippen LogP contribution in [0.1, 0.15) is 97.5 Å². The third-order valence-electron chi connectivity index (χ3n) is 10.8. The minimum atomic E-state index is -0.333. The zero-order valence-electron chi connectivity index (χ0n) is 25.3. The van der Waals surface area contributed by atoms with Crippen LogP contribution in [0.3, 0.4) is 0 Å². The van der Waals surface area contributed by atoms with Crippen LogP contribution < -0.4 is 0 Å². The summed E-state index contributed by atoms with van der Waals surface area (Å²) in [4.78, 5) is 4.55. The van der Waals surface area contributed by atoms with Gasteiger partial charge in [0.05, 0.1) is 12.2 Å². The molecule has 5 rings (SSSR count). The van der Waals surface area contributed by atoms with Gasteiger partial charge in [-0.2, -0.15) is 0 Å². The Labute approximate surface area is 256 Å². The molecule has 0 spiro atoms. The van der Waals surface area contributed by atoms with Gasteiger partial charge in [-0.05, 0) is 97.1 Å². The number of benzene rings is 2. The van der Waals surface area contributed by atoms with E-state index in [2.05, 4.69) is 69.9 Å². The molecule has 2 N–H and O–H groups in total. The molecule has 1 aromatic heterocycles. The van der Waals surface area contributed by atoms with Crippen LogP contribution in [0.2, 0.25) is 0 Å². The van der Waals surface area contributed by atoms with Crippen LogP contribution in [0.5, 0.6) is 0 Å². The molecule has 0 bridgehead atoms. The van der Waals surface area contributed by atoms with Crippen LogP contribution in [0.25, 0.3) is 22.0 Å². The maximum atomic E-state index is 11.4. The monoisotopic (exact) mass is 721 g/mol. The molecule has 1 heterocycles. The molecule has 0 saturated heterocycles. The third-order valence-corrected chi connectivity index (χ3v) is 10.8. The summed E-state index contributed by atoms with van der Waals surface area (Å²) < 4.78 is 0. The first kappa shape index (κ1) is 32.9. The molecule has 2 fully saturated rings. The molecule has 221 valence electrons. The average Bonchev–Trinajstić information content (AvgIpc) is 3.21. The Hall–Kier alpha value is -1.58. The minimum absolute atomic E-state index is 0. The summed E-state index contributed by atoms with van der Waals surface area (Å²) in [5.41, 5.74) is 3.31. The zero-order chi connectivity index (χ0) is 28.0. The predicted molar refractivity (Wildman–Crippen MR) is 163 cm³/mol. The fourth-order valence-corrected chi connectivity index (χ4v) is 7.90. The second-order valence-corrected chi connectivity index (χ2v) is 12.3. The van der Waals surface area contributed by atoms with Crippen molar-refractivity contribution >= 4 is 10.8 Å². The number of aliphatic hydroxyl groups is 2. The second kappa shape index (κ2) is 14.5. The molecule has 2 saturated carbocycles. The topological polar surface area (TPSA) is 53.4 Å². The standard InChI is InChI=1S/C20H38O2.C16H12N.Ir/c1-5-19(6-2)13-9-11-15-12-10-14-20(7-3,8-4)18(22)16(15)17(19)21;1-12-11-17-16(13-7-3-2-4-8-13)15-10-6-5-9-14(12)15;/h15-18,21-22H,5-14H2,1-4H3;2-7,9-11H,1H3;/q;-1;. The van der Waals surface area contributed by atoms with E-state index < -0.39 is 0 Å². The SMILES string of the molecule is CCC1(CC)CCCC2CCCC(CC)(CC)C(O)C2C1O.Cc1cnc(-c2[c-]cccc2)c2ccccc12.[Ir]. The third kappa shape index (κ3) is 6.41. The van der Waals surface area contributed by atoms with Crippen LogP contribution in [-0.4, -0.2) is 27.4 Å². The van der Waals surface area contributed by atoms with E-state index in [9.17, 15) is 10.2 Å². The maximum Gasteiger partial charge on any atom is 0.0651 e. The number of fused-ring (bicyclic) bond motifs is 2. The molecule has 0 amide bonds. The minimum Gasteiger partial charge on any atom is -0.392 e. The first-order valence-corrected chi connectivity index (χ1v) is 15.5. The van der Waals surface area contributed by atoms with Gasteiger partial charge in [0.1, 0.15) is 0 Å². The van der Waals surface area contributed by atoms with Crippen LogP contribution in [0.4, 0.5) is 0 Å².